The Hall–Kier alpha value is -2.49. The molecule has 27 heavy (non-hydrogen) atoms. The number of rotatable bonds is 6. The van der Waals surface area contributed by atoms with Gasteiger partial charge in [0, 0.05) is 16.3 Å². The predicted molar refractivity (Wildman–Crippen MR) is 105 cm³/mol. The van der Waals surface area contributed by atoms with Gasteiger partial charge in [0.05, 0.1) is 5.75 Å². The Kier molecular flexibility index (Phi) is 6.38. The highest BCUT2D eigenvalue weighted by molar-refractivity contribution is 8.01. The van der Waals surface area contributed by atoms with Gasteiger partial charge in [0.1, 0.15) is 5.82 Å². The number of thioether (sulfide) groups is 1. The maximum Gasteiger partial charge on any atom is 0.257 e. The molecule has 6 nitrogen and oxygen atoms in total. The number of nitrogens with one attached hydrogen (secondary N) is 2. The van der Waals surface area contributed by atoms with Gasteiger partial charge in [-0.3, -0.25) is 14.9 Å². The Morgan fingerprint density at radius 3 is 2.63 bits per heavy atom. The van der Waals surface area contributed by atoms with Gasteiger partial charge in [-0.1, -0.05) is 40.8 Å². The van der Waals surface area contributed by atoms with Gasteiger partial charge in [-0.2, -0.15) is 0 Å². The molecule has 0 atom stereocenters. The maximum absolute atomic E-state index is 12.9. The number of amides is 2. The van der Waals surface area contributed by atoms with Crippen LogP contribution < -0.4 is 10.6 Å². The molecule has 138 valence electrons. The zero-order valence-electron chi connectivity index (χ0n) is 13.6. The molecule has 0 spiro atoms. The van der Waals surface area contributed by atoms with Crippen LogP contribution in [-0.2, 0) is 4.79 Å². The summed E-state index contributed by atoms with van der Waals surface area (Å²) in [5, 5.41) is 13.9. The second-order valence-electron chi connectivity index (χ2n) is 5.18. The number of hydrogen-bond donors (Lipinski definition) is 2. The molecule has 0 bridgehead atoms. The second-order valence-corrected chi connectivity index (χ2v) is 7.82. The van der Waals surface area contributed by atoms with Crippen LogP contribution in [0.3, 0.4) is 0 Å². The zero-order chi connectivity index (χ0) is 19.2. The lowest BCUT2D eigenvalue weighted by atomic mass is 10.2. The molecule has 2 aromatic carbocycles. The van der Waals surface area contributed by atoms with Gasteiger partial charge in [-0.15, -0.1) is 10.2 Å². The number of carbonyl (C=O) groups excluding carboxylic acids is 2. The SMILES string of the molecule is O=C(CSc1nnc(NC(=O)c2ccc(F)cc2)s1)Nc1cccc(Cl)c1. The van der Waals surface area contributed by atoms with Crippen molar-refractivity contribution in [3.05, 3.63) is 64.9 Å². The van der Waals surface area contributed by atoms with Crippen LogP contribution in [0.25, 0.3) is 0 Å². The van der Waals surface area contributed by atoms with E-state index in [2.05, 4.69) is 20.8 Å². The van der Waals surface area contributed by atoms with E-state index in [0.717, 1.165) is 11.3 Å². The third-order valence-electron chi connectivity index (χ3n) is 3.17. The Morgan fingerprint density at radius 1 is 1.11 bits per heavy atom. The lowest BCUT2D eigenvalue weighted by Crippen LogP contribution is -2.13. The first-order valence-electron chi connectivity index (χ1n) is 7.58. The molecule has 10 heteroatoms. The molecule has 3 rings (SSSR count). The first-order valence-corrected chi connectivity index (χ1v) is 9.76. The van der Waals surface area contributed by atoms with E-state index in [9.17, 15) is 14.0 Å². The number of hydrogen-bond acceptors (Lipinski definition) is 6. The van der Waals surface area contributed by atoms with Gasteiger partial charge in [0.25, 0.3) is 5.91 Å². The second kappa shape index (κ2) is 8.94. The molecule has 0 saturated heterocycles. The average Bonchev–Trinajstić information content (AvgIpc) is 3.08. The third kappa shape index (κ3) is 5.75. The van der Waals surface area contributed by atoms with Crippen molar-refractivity contribution in [1.29, 1.82) is 0 Å². The Balaban J connectivity index is 1.51. The van der Waals surface area contributed by atoms with Crippen LogP contribution in [0.1, 0.15) is 10.4 Å². The van der Waals surface area contributed by atoms with E-state index < -0.39 is 11.7 Å². The minimum absolute atomic E-state index is 0.132. The molecule has 0 radical (unpaired) electrons. The van der Waals surface area contributed by atoms with Crippen LogP contribution in [-0.4, -0.2) is 27.8 Å². The highest BCUT2D eigenvalue weighted by Gasteiger charge is 2.12. The number of aromatic nitrogens is 2. The molecule has 0 aliphatic rings. The summed E-state index contributed by atoms with van der Waals surface area (Å²) < 4.78 is 13.4. The largest absolute Gasteiger partial charge is 0.325 e. The molecule has 2 amide bonds. The van der Waals surface area contributed by atoms with Gasteiger partial charge in [0.2, 0.25) is 11.0 Å². The number of nitrogens with zero attached hydrogens (tertiary/aromatic N) is 2. The summed E-state index contributed by atoms with van der Waals surface area (Å²) in [6.45, 7) is 0. The van der Waals surface area contributed by atoms with Crippen molar-refractivity contribution in [1.82, 2.24) is 10.2 Å². The van der Waals surface area contributed by atoms with Crippen molar-refractivity contribution in [2.75, 3.05) is 16.4 Å². The molecular weight excluding hydrogens is 411 g/mol. The van der Waals surface area contributed by atoms with Crippen LogP contribution >= 0.6 is 34.7 Å². The summed E-state index contributed by atoms with van der Waals surface area (Å²) in [6.07, 6.45) is 0. The molecule has 1 heterocycles. The highest BCUT2D eigenvalue weighted by atomic mass is 35.5. The lowest BCUT2D eigenvalue weighted by Gasteiger charge is -2.04. The minimum atomic E-state index is -0.419. The van der Waals surface area contributed by atoms with E-state index >= 15 is 0 Å². The van der Waals surface area contributed by atoms with Crippen molar-refractivity contribution >= 4 is 57.3 Å². The highest BCUT2D eigenvalue weighted by Crippen LogP contribution is 2.26. The fraction of sp³-hybridized carbons (Fsp3) is 0.0588. The molecule has 0 unspecified atom stereocenters. The van der Waals surface area contributed by atoms with E-state index in [0.29, 0.717) is 25.7 Å². The van der Waals surface area contributed by atoms with E-state index in [1.807, 2.05) is 0 Å². The molecule has 0 fully saturated rings. The van der Waals surface area contributed by atoms with Gasteiger partial charge >= 0.3 is 0 Å². The number of benzene rings is 2. The van der Waals surface area contributed by atoms with Crippen molar-refractivity contribution in [3.63, 3.8) is 0 Å². The molecular formula is C17H12ClFN4O2S2. The molecule has 2 N–H and O–H groups in total. The van der Waals surface area contributed by atoms with Gasteiger partial charge < -0.3 is 5.32 Å². The third-order valence-corrected chi connectivity index (χ3v) is 5.38. The smallest absolute Gasteiger partial charge is 0.257 e. The van der Waals surface area contributed by atoms with Gasteiger partial charge in [-0.05, 0) is 42.5 Å². The standard InChI is InChI=1S/C17H12ClFN4O2S2/c18-11-2-1-3-13(8-11)20-14(24)9-26-17-23-22-16(27-17)21-15(25)10-4-6-12(19)7-5-10/h1-8H,9H2,(H,20,24)(H,21,22,25). The summed E-state index contributed by atoms with van der Waals surface area (Å²) in [7, 11) is 0. The Morgan fingerprint density at radius 2 is 1.89 bits per heavy atom. The van der Waals surface area contributed by atoms with Crippen LogP contribution in [0.4, 0.5) is 15.2 Å². The van der Waals surface area contributed by atoms with Crippen LogP contribution in [0.2, 0.25) is 5.02 Å². The van der Waals surface area contributed by atoms with Crippen LogP contribution in [0, 0.1) is 5.82 Å². The van der Waals surface area contributed by atoms with E-state index in [4.69, 9.17) is 11.6 Å². The summed E-state index contributed by atoms with van der Waals surface area (Å²) >= 11 is 8.21. The first kappa shape index (κ1) is 19.3. The van der Waals surface area contributed by atoms with Gasteiger partial charge in [0.15, 0.2) is 4.34 Å². The fourth-order valence-corrected chi connectivity index (χ4v) is 3.72. The van der Waals surface area contributed by atoms with E-state index in [1.54, 1.807) is 24.3 Å². The molecule has 0 saturated carbocycles. The number of halogens is 2. The summed E-state index contributed by atoms with van der Waals surface area (Å²) in [4.78, 5) is 24.0. The summed E-state index contributed by atoms with van der Waals surface area (Å²) in [5.41, 5.74) is 0.916. The van der Waals surface area contributed by atoms with Crippen LogP contribution in [0.15, 0.2) is 52.9 Å². The molecule has 0 aliphatic carbocycles. The predicted octanol–water partition coefficient (Wildman–Crippen LogP) is 4.31. The molecule has 3 aromatic rings. The van der Waals surface area contributed by atoms with Gasteiger partial charge in [-0.25, -0.2) is 4.39 Å². The topological polar surface area (TPSA) is 84.0 Å². The quantitative estimate of drug-likeness (QED) is 0.456. The number of anilines is 2. The van der Waals surface area contributed by atoms with Crippen molar-refractivity contribution in [3.8, 4) is 0 Å². The summed E-state index contributed by atoms with van der Waals surface area (Å²) in [5.74, 6) is -0.916. The van der Waals surface area contributed by atoms with Crippen molar-refractivity contribution in [2.45, 2.75) is 4.34 Å². The fourth-order valence-electron chi connectivity index (χ4n) is 1.98. The Labute approximate surface area is 167 Å². The Bertz CT molecular complexity index is 966. The minimum Gasteiger partial charge on any atom is -0.325 e. The summed E-state index contributed by atoms with van der Waals surface area (Å²) in [6, 6.07) is 12.0. The van der Waals surface area contributed by atoms with E-state index in [1.165, 1.54) is 36.0 Å². The molecule has 1 aromatic heterocycles. The van der Waals surface area contributed by atoms with Crippen molar-refractivity contribution < 1.29 is 14.0 Å². The maximum atomic E-state index is 12.9. The average molecular weight is 423 g/mol. The number of carbonyl (C=O) groups is 2. The zero-order valence-corrected chi connectivity index (χ0v) is 16.0. The monoisotopic (exact) mass is 422 g/mol. The molecule has 0 aliphatic heterocycles. The van der Waals surface area contributed by atoms with Crippen molar-refractivity contribution in [2.24, 2.45) is 0 Å². The lowest BCUT2D eigenvalue weighted by molar-refractivity contribution is -0.113. The van der Waals surface area contributed by atoms with Crippen LogP contribution in [0.5, 0.6) is 0 Å². The normalized spacial score (nSPS) is 10.4. The first-order chi connectivity index (χ1) is 13.0. The van der Waals surface area contributed by atoms with E-state index in [-0.39, 0.29) is 11.7 Å².